The molecule has 0 spiro atoms. The van der Waals surface area contributed by atoms with Gasteiger partial charge in [-0.2, -0.15) is 0 Å². The summed E-state index contributed by atoms with van der Waals surface area (Å²) in [5.74, 6) is -0.293. The molecule has 0 N–H and O–H groups in total. The molecule has 0 amide bonds. The lowest BCUT2D eigenvalue weighted by molar-refractivity contribution is -0.274. The third kappa shape index (κ3) is 5.96. The quantitative estimate of drug-likeness (QED) is 0.114. The molecule has 8 nitrogen and oxygen atoms in total. The Balaban J connectivity index is 1.05. The van der Waals surface area contributed by atoms with Gasteiger partial charge in [-0.3, -0.25) is 0 Å². The number of carbonyl (C=O) groups excluding carboxylic acids is 1. The first-order valence-electron chi connectivity index (χ1n) is 14.3. The van der Waals surface area contributed by atoms with E-state index in [0.717, 1.165) is 24.5 Å². The molecule has 14 heteroatoms. The number of anilines is 1. The van der Waals surface area contributed by atoms with Crippen LogP contribution in [0.25, 0.3) is 21.5 Å². The molecule has 238 valence electrons. The molecule has 46 heavy (non-hydrogen) atoms. The minimum atomic E-state index is -4.87. The zero-order valence-electron chi connectivity index (χ0n) is 24.1. The lowest BCUT2D eigenvalue weighted by Gasteiger charge is -2.39. The number of aromatic nitrogens is 2. The Morgan fingerprint density at radius 1 is 1.11 bits per heavy atom. The summed E-state index contributed by atoms with van der Waals surface area (Å²) in [5, 5.41) is 5.25. The van der Waals surface area contributed by atoms with Crippen LogP contribution >= 0.6 is 22.9 Å². The normalized spacial score (nSPS) is 15.2. The van der Waals surface area contributed by atoms with Crippen LogP contribution in [0.15, 0.2) is 59.1 Å². The van der Waals surface area contributed by atoms with Gasteiger partial charge in [-0.25, -0.2) is 14.2 Å². The fourth-order valence-electron chi connectivity index (χ4n) is 5.48. The maximum Gasteiger partial charge on any atom is 0.573 e. The SMILES string of the molecule is COC(=O)c1cc(F)c2nc(N3CC(c4ccc(OCc5c(-c6ccccc6OC(F)(F)F)noc5C5CC5)cc4Cl)C3)sc2c1. The number of thiazole rings is 1. The van der Waals surface area contributed by atoms with E-state index in [2.05, 4.69) is 14.9 Å². The van der Waals surface area contributed by atoms with Crippen molar-refractivity contribution >= 4 is 44.3 Å². The molecular formula is C32H24ClF4N3O5S. The molecule has 3 aromatic carbocycles. The Bertz CT molecular complexity index is 1950. The molecule has 1 saturated carbocycles. The maximum absolute atomic E-state index is 14.6. The molecule has 2 fully saturated rings. The van der Waals surface area contributed by atoms with E-state index in [0.29, 0.717) is 45.0 Å². The number of fused-ring (bicyclic) bond motifs is 1. The Labute approximate surface area is 268 Å². The highest BCUT2D eigenvalue weighted by molar-refractivity contribution is 7.22. The van der Waals surface area contributed by atoms with E-state index >= 15 is 0 Å². The highest BCUT2D eigenvalue weighted by atomic mass is 35.5. The first-order chi connectivity index (χ1) is 22.1. The summed E-state index contributed by atoms with van der Waals surface area (Å²) < 4.78 is 75.0. The third-order valence-electron chi connectivity index (χ3n) is 7.94. The molecule has 7 rings (SSSR count). The molecule has 5 aromatic rings. The van der Waals surface area contributed by atoms with Gasteiger partial charge < -0.3 is 23.6 Å². The number of hydrogen-bond acceptors (Lipinski definition) is 9. The van der Waals surface area contributed by atoms with Crippen molar-refractivity contribution in [1.82, 2.24) is 10.1 Å². The lowest BCUT2D eigenvalue weighted by atomic mass is 9.92. The van der Waals surface area contributed by atoms with Crippen molar-refractivity contribution in [2.45, 2.75) is 37.6 Å². The Morgan fingerprint density at radius 2 is 1.89 bits per heavy atom. The summed E-state index contributed by atoms with van der Waals surface area (Å²) in [5.41, 5.74) is 2.18. The number of halogens is 5. The van der Waals surface area contributed by atoms with Crippen molar-refractivity contribution in [3.05, 3.63) is 87.9 Å². The number of rotatable bonds is 9. The van der Waals surface area contributed by atoms with Crippen molar-refractivity contribution in [3.8, 4) is 22.8 Å². The number of alkyl halides is 3. The zero-order chi connectivity index (χ0) is 32.2. The molecule has 1 aliphatic heterocycles. The third-order valence-corrected chi connectivity index (χ3v) is 9.33. The Morgan fingerprint density at radius 3 is 2.61 bits per heavy atom. The molecule has 1 aliphatic carbocycles. The number of esters is 1. The van der Waals surface area contributed by atoms with Crippen molar-refractivity contribution in [3.63, 3.8) is 0 Å². The number of ether oxygens (including phenoxy) is 3. The molecular weight excluding hydrogens is 650 g/mol. The summed E-state index contributed by atoms with van der Waals surface area (Å²) in [6.45, 7) is 1.22. The van der Waals surface area contributed by atoms with E-state index in [4.69, 9.17) is 25.6 Å². The van der Waals surface area contributed by atoms with E-state index in [1.165, 1.54) is 36.6 Å². The summed E-state index contributed by atoms with van der Waals surface area (Å²) in [6.07, 6.45) is -3.09. The fourth-order valence-corrected chi connectivity index (χ4v) is 6.84. The predicted molar refractivity (Wildman–Crippen MR) is 162 cm³/mol. The average Bonchev–Trinajstić information content (AvgIpc) is 3.61. The Kier molecular flexibility index (Phi) is 7.76. The van der Waals surface area contributed by atoms with Gasteiger partial charge in [0.15, 0.2) is 10.9 Å². The van der Waals surface area contributed by atoms with Crippen LogP contribution in [0.2, 0.25) is 5.02 Å². The largest absolute Gasteiger partial charge is 0.573 e. The van der Waals surface area contributed by atoms with Gasteiger partial charge in [0.25, 0.3) is 0 Å². The monoisotopic (exact) mass is 673 g/mol. The van der Waals surface area contributed by atoms with E-state index < -0.39 is 18.1 Å². The summed E-state index contributed by atoms with van der Waals surface area (Å²) in [6, 6.07) is 13.8. The van der Waals surface area contributed by atoms with Gasteiger partial charge in [-0.05, 0) is 54.8 Å². The molecule has 0 unspecified atom stereocenters. The topological polar surface area (TPSA) is 86.9 Å². The van der Waals surface area contributed by atoms with Gasteiger partial charge in [-0.1, -0.05) is 46.3 Å². The number of nitrogens with zero attached hydrogens (tertiary/aromatic N) is 3. The summed E-state index contributed by atoms with van der Waals surface area (Å²) >= 11 is 7.97. The fraction of sp³-hybridized carbons (Fsp3) is 0.281. The standard InChI is InChI=1S/C32H24ClF4N3O5S/c1-42-30(41)17-10-24(34)28-26(11-17)46-31(38-28)40-13-18(14-40)20-9-8-19(12-23(20)33)43-15-22-27(39-45-29(22)16-6-7-16)21-4-2-3-5-25(21)44-32(35,36)37/h2-5,8-12,16,18H,6-7,13-15H2,1H3. The number of para-hydroxylation sites is 1. The van der Waals surface area contributed by atoms with E-state index in [9.17, 15) is 22.4 Å². The second-order valence-corrected chi connectivity index (χ2v) is 12.5. The summed E-state index contributed by atoms with van der Waals surface area (Å²) in [7, 11) is 1.24. The average molecular weight is 674 g/mol. The van der Waals surface area contributed by atoms with Crippen molar-refractivity contribution < 1.29 is 41.1 Å². The van der Waals surface area contributed by atoms with Crippen LogP contribution in [0.5, 0.6) is 11.5 Å². The van der Waals surface area contributed by atoms with Crippen LogP contribution in [0.1, 0.15) is 51.9 Å². The molecule has 0 bridgehead atoms. The van der Waals surface area contributed by atoms with Gasteiger partial charge >= 0.3 is 12.3 Å². The first-order valence-corrected chi connectivity index (χ1v) is 15.5. The highest BCUT2D eigenvalue weighted by Crippen LogP contribution is 2.46. The van der Waals surface area contributed by atoms with E-state index in [1.807, 2.05) is 11.0 Å². The van der Waals surface area contributed by atoms with Crippen molar-refractivity contribution in [1.29, 1.82) is 0 Å². The van der Waals surface area contributed by atoms with Crippen molar-refractivity contribution in [2.24, 2.45) is 0 Å². The molecule has 0 radical (unpaired) electrons. The second kappa shape index (κ2) is 11.8. The van der Waals surface area contributed by atoms with Crippen molar-refractivity contribution in [2.75, 3.05) is 25.1 Å². The minimum absolute atomic E-state index is 0.00373. The van der Waals surface area contributed by atoms with Gasteiger partial charge in [0.2, 0.25) is 0 Å². The molecule has 2 aliphatic rings. The van der Waals surface area contributed by atoms with Gasteiger partial charge in [0.1, 0.15) is 35.1 Å². The Hall–Kier alpha value is -4.36. The molecule has 2 aromatic heterocycles. The number of benzene rings is 3. The van der Waals surface area contributed by atoms with Crippen LogP contribution in [0.4, 0.5) is 22.7 Å². The zero-order valence-corrected chi connectivity index (χ0v) is 25.6. The number of carbonyl (C=O) groups is 1. The van der Waals surface area contributed by atoms with Crippen LogP contribution < -0.4 is 14.4 Å². The number of methoxy groups -OCH3 is 1. The molecule has 1 saturated heterocycles. The van der Waals surface area contributed by atoms with E-state index in [-0.39, 0.29) is 46.5 Å². The van der Waals surface area contributed by atoms with Crippen LogP contribution in [-0.2, 0) is 11.3 Å². The smallest absolute Gasteiger partial charge is 0.489 e. The molecule has 3 heterocycles. The number of hydrogen-bond donors (Lipinski definition) is 0. The lowest BCUT2D eigenvalue weighted by Crippen LogP contribution is -2.45. The van der Waals surface area contributed by atoms with Crippen LogP contribution in [-0.4, -0.2) is 42.7 Å². The molecule has 0 atom stereocenters. The predicted octanol–water partition coefficient (Wildman–Crippen LogP) is 8.49. The second-order valence-electron chi connectivity index (χ2n) is 11.1. The van der Waals surface area contributed by atoms with E-state index in [1.54, 1.807) is 24.3 Å². The van der Waals surface area contributed by atoms with Gasteiger partial charge in [0.05, 0.1) is 22.9 Å². The van der Waals surface area contributed by atoms with Gasteiger partial charge in [-0.15, -0.1) is 13.2 Å². The van der Waals surface area contributed by atoms with Crippen LogP contribution in [0.3, 0.4) is 0 Å². The summed E-state index contributed by atoms with van der Waals surface area (Å²) in [4.78, 5) is 18.3. The van der Waals surface area contributed by atoms with Crippen LogP contribution in [0, 0.1) is 5.82 Å². The first kappa shape index (κ1) is 30.3. The van der Waals surface area contributed by atoms with Gasteiger partial charge in [0, 0.05) is 35.5 Å². The highest BCUT2D eigenvalue weighted by Gasteiger charge is 2.36. The minimum Gasteiger partial charge on any atom is -0.489 e. The maximum atomic E-state index is 14.6.